The Morgan fingerprint density at radius 1 is 1.08 bits per heavy atom. The number of nitrogens with zero attached hydrogens (tertiary/aromatic N) is 3. The fourth-order valence-corrected chi connectivity index (χ4v) is 3.95. The van der Waals surface area contributed by atoms with Crippen LogP contribution in [0, 0.1) is 0 Å². The average molecular weight is 339 g/mol. The molecule has 0 spiro atoms. The van der Waals surface area contributed by atoms with Crippen LogP contribution in [0.15, 0.2) is 36.7 Å². The first-order valence-electron chi connectivity index (χ1n) is 9.12. The van der Waals surface area contributed by atoms with Crippen molar-refractivity contribution in [1.29, 1.82) is 0 Å². The zero-order valence-electron chi connectivity index (χ0n) is 14.7. The molecule has 0 radical (unpaired) electrons. The van der Waals surface area contributed by atoms with E-state index in [1.807, 2.05) is 6.07 Å². The van der Waals surface area contributed by atoms with Crippen LogP contribution >= 0.6 is 0 Å². The molecule has 2 saturated heterocycles. The smallest absolute Gasteiger partial charge is 0.132 e. The lowest BCUT2D eigenvalue weighted by Gasteiger charge is -2.33. The third kappa shape index (κ3) is 3.47. The van der Waals surface area contributed by atoms with Gasteiger partial charge in [0.25, 0.3) is 0 Å². The van der Waals surface area contributed by atoms with E-state index in [0.29, 0.717) is 11.8 Å². The minimum Gasteiger partial charge on any atom is -0.496 e. The van der Waals surface area contributed by atoms with Crippen LogP contribution in [0.4, 0.5) is 5.82 Å². The van der Waals surface area contributed by atoms with Gasteiger partial charge in [0.1, 0.15) is 17.9 Å². The van der Waals surface area contributed by atoms with Crippen LogP contribution in [0.1, 0.15) is 42.4 Å². The highest BCUT2D eigenvalue weighted by Gasteiger charge is 2.25. The van der Waals surface area contributed by atoms with E-state index in [-0.39, 0.29) is 0 Å². The number of rotatable bonds is 4. The predicted octanol–water partition coefficient (Wildman–Crippen LogP) is 3.37. The highest BCUT2D eigenvalue weighted by molar-refractivity contribution is 5.42. The van der Waals surface area contributed by atoms with Gasteiger partial charge in [-0.15, -0.1) is 0 Å². The summed E-state index contributed by atoms with van der Waals surface area (Å²) in [5.74, 6) is 3.03. The van der Waals surface area contributed by atoms with Gasteiger partial charge in [-0.1, -0.05) is 18.2 Å². The number of para-hydroxylation sites is 1. The number of methoxy groups -OCH3 is 1. The molecule has 0 amide bonds. The summed E-state index contributed by atoms with van der Waals surface area (Å²) in [6, 6.07) is 10.5. The summed E-state index contributed by atoms with van der Waals surface area (Å²) < 4.78 is 11.0. The molecule has 25 heavy (non-hydrogen) atoms. The second-order valence-corrected chi connectivity index (χ2v) is 6.86. The fourth-order valence-electron chi connectivity index (χ4n) is 3.95. The van der Waals surface area contributed by atoms with E-state index in [0.717, 1.165) is 62.8 Å². The Bertz CT molecular complexity index is 708. The van der Waals surface area contributed by atoms with Crippen molar-refractivity contribution in [2.24, 2.45) is 0 Å². The second kappa shape index (κ2) is 7.40. The van der Waals surface area contributed by atoms with Crippen LogP contribution in [-0.2, 0) is 4.74 Å². The predicted molar refractivity (Wildman–Crippen MR) is 97.4 cm³/mol. The summed E-state index contributed by atoms with van der Waals surface area (Å²) >= 11 is 0. The molecule has 1 atom stereocenters. The molecule has 0 bridgehead atoms. The summed E-state index contributed by atoms with van der Waals surface area (Å²) in [7, 11) is 1.75. The van der Waals surface area contributed by atoms with Crippen molar-refractivity contribution in [3.8, 4) is 5.75 Å². The first kappa shape index (κ1) is 16.3. The zero-order valence-corrected chi connectivity index (χ0v) is 14.7. The Morgan fingerprint density at radius 3 is 2.68 bits per heavy atom. The van der Waals surface area contributed by atoms with Gasteiger partial charge in [-0.3, -0.25) is 0 Å². The van der Waals surface area contributed by atoms with E-state index >= 15 is 0 Å². The lowest BCUT2D eigenvalue weighted by atomic mass is 9.89. The molecule has 0 unspecified atom stereocenters. The van der Waals surface area contributed by atoms with E-state index in [1.54, 1.807) is 13.4 Å². The second-order valence-electron chi connectivity index (χ2n) is 6.86. The first-order chi connectivity index (χ1) is 12.3. The van der Waals surface area contributed by atoms with Gasteiger partial charge < -0.3 is 14.4 Å². The maximum absolute atomic E-state index is 5.54. The molecule has 0 N–H and O–H groups in total. The molecule has 2 aliphatic heterocycles. The molecule has 132 valence electrons. The van der Waals surface area contributed by atoms with Crippen LogP contribution < -0.4 is 9.64 Å². The van der Waals surface area contributed by atoms with Crippen molar-refractivity contribution in [3.63, 3.8) is 0 Å². The summed E-state index contributed by atoms with van der Waals surface area (Å²) in [6.45, 7) is 3.65. The Labute approximate surface area is 149 Å². The molecule has 5 heteroatoms. The van der Waals surface area contributed by atoms with Crippen LogP contribution in [0.3, 0.4) is 0 Å². The number of hydrogen-bond acceptors (Lipinski definition) is 5. The summed E-state index contributed by atoms with van der Waals surface area (Å²) in [5.41, 5.74) is 2.45. The number of piperidine rings is 1. The Hall–Kier alpha value is -2.14. The number of ether oxygens (including phenoxy) is 2. The maximum Gasteiger partial charge on any atom is 0.132 e. The van der Waals surface area contributed by atoms with Gasteiger partial charge in [-0.2, -0.15) is 0 Å². The third-order valence-corrected chi connectivity index (χ3v) is 5.42. The molecule has 1 aromatic carbocycles. The van der Waals surface area contributed by atoms with E-state index in [4.69, 9.17) is 9.47 Å². The van der Waals surface area contributed by atoms with E-state index in [2.05, 4.69) is 39.1 Å². The van der Waals surface area contributed by atoms with Gasteiger partial charge in [0.15, 0.2) is 0 Å². The number of hydrogen-bond donors (Lipinski definition) is 0. The minimum absolute atomic E-state index is 0.424. The van der Waals surface area contributed by atoms with Crippen molar-refractivity contribution in [2.75, 3.05) is 38.3 Å². The highest BCUT2D eigenvalue weighted by atomic mass is 16.5. The first-order valence-corrected chi connectivity index (χ1v) is 9.12. The summed E-state index contributed by atoms with van der Waals surface area (Å²) in [6.07, 6.45) is 5.00. The Morgan fingerprint density at radius 2 is 1.92 bits per heavy atom. The van der Waals surface area contributed by atoms with E-state index in [9.17, 15) is 0 Å². The van der Waals surface area contributed by atoms with Crippen LogP contribution in [-0.4, -0.2) is 43.4 Å². The molecule has 3 heterocycles. The molecule has 5 nitrogen and oxygen atoms in total. The van der Waals surface area contributed by atoms with Gasteiger partial charge in [0.05, 0.1) is 19.4 Å². The lowest BCUT2D eigenvalue weighted by Crippen LogP contribution is -2.33. The zero-order chi connectivity index (χ0) is 17.1. The van der Waals surface area contributed by atoms with E-state index in [1.165, 1.54) is 5.56 Å². The van der Waals surface area contributed by atoms with Gasteiger partial charge in [-0.25, -0.2) is 9.97 Å². The third-order valence-electron chi connectivity index (χ3n) is 5.42. The molecule has 2 aliphatic rings. The molecule has 0 saturated carbocycles. The average Bonchev–Trinajstić information content (AvgIpc) is 3.23. The van der Waals surface area contributed by atoms with Crippen LogP contribution in [0.5, 0.6) is 5.75 Å². The topological polar surface area (TPSA) is 47.5 Å². The van der Waals surface area contributed by atoms with E-state index < -0.39 is 0 Å². The largest absolute Gasteiger partial charge is 0.496 e. The lowest BCUT2D eigenvalue weighted by molar-refractivity contribution is 0.193. The molecule has 2 aromatic rings. The summed E-state index contributed by atoms with van der Waals surface area (Å²) in [5, 5.41) is 0. The fraction of sp³-hybridized carbons (Fsp3) is 0.500. The number of benzene rings is 1. The monoisotopic (exact) mass is 339 g/mol. The normalized spacial score (nSPS) is 21.5. The number of aromatic nitrogens is 2. The van der Waals surface area contributed by atoms with Crippen LogP contribution in [0.25, 0.3) is 0 Å². The van der Waals surface area contributed by atoms with Crippen molar-refractivity contribution >= 4 is 5.82 Å². The Kier molecular flexibility index (Phi) is 4.83. The maximum atomic E-state index is 5.54. The standard InChI is InChI=1S/C20H25N3O2/c1-24-19-5-3-2-4-17(19)15-6-9-23(10-7-15)20-12-18(21-14-22-20)16-8-11-25-13-16/h2-5,12,14-16H,6-11,13H2,1H3/t16-/m0/s1. The SMILES string of the molecule is COc1ccccc1C1CCN(c2cc([C@H]3CCOC3)ncn2)CC1. The van der Waals surface area contributed by atoms with Gasteiger partial charge in [-0.05, 0) is 36.8 Å². The van der Waals surface area contributed by atoms with Crippen molar-refractivity contribution in [3.05, 3.63) is 47.9 Å². The minimum atomic E-state index is 0.424. The van der Waals surface area contributed by atoms with Crippen molar-refractivity contribution < 1.29 is 9.47 Å². The van der Waals surface area contributed by atoms with Gasteiger partial charge >= 0.3 is 0 Å². The molecule has 0 aliphatic carbocycles. The Balaban J connectivity index is 1.44. The highest BCUT2D eigenvalue weighted by Crippen LogP contribution is 2.35. The van der Waals surface area contributed by atoms with Gasteiger partial charge in [0.2, 0.25) is 0 Å². The van der Waals surface area contributed by atoms with Crippen LogP contribution in [0.2, 0.25) is 0 Å². The molecular formula is C20H25N3O2. The van der Waals surface area contributed by atoms with Crippen molar-refractivity contribution in [2.45, 2.75) is 31.1 Å². The number of anilines is 1. The quantitative estimate of drug-likeness (QED) is 0.855. The summed E-state index contributed by atoms with van der Waals surface area (Å²) in [4.78, 5) is 11.4. The van der Waals surface area contributed by atoms with Gasteiger partial charge in [0, 0.05) is 31.7 Å². The molecular weight excluding hydrogens is 314 g/mol. The van der Waals surface area contributed by atoms with Crippen molar-refractivity contribution in [1.82, 2.24) is 9.97 Å². The molecule has 4 rings (SSSR count). The molecule has 2 fully saturated rings. The molecule has 1 aromatic heterocycles.